The van der Waals surface area contributed by atoms with Crippen molar-refractivity contribution in [1.29, 1.82) is 0 Å². The van der Waals surface area contributed by atoms with Gasteiger partial charge in [0.1, 0.15) is 5.51 Å². The SMILES string of the molecule is O=[C]c1nncs1. The van der Waals surface area contributed by atoms with Gasteiger partial charge in [0.05, 0.1) is 0 Å². The van der Waals surface area contributed by atoms with Crippen LogP contribution in [-0.4, -0.2) is 16.5 Å². The Morgan fingerprint density at radius 3 is 3.00 bits per heavy atom. The molecule has 1 aromatic rings. The Morgan fingerprint density at radius 1 is 1.86 bits per heavy atom. The molecule has 0 N–H and O–H groups in total. The van der Waals surface area contributed by atoms with Crippen molar-refractivity contribution >= 4 is 17.6 Å². The zero-order chi connectivity index (χ0) is 5.11. The van der Waals surface area contributed by atoms with E-state index in [0.717, 1.165) is 0 Å². The smallest absolute Gasteiger partial charge is 0.266 e. The normalized spacial score (nSPS) is 8.57. The Morgan fingerprint density at radius 2 is 2.71 bits per heavy atom. The Kier molecular flexibility index (Phi) is 1.12. The monoisotopic (exact) mass is 113 g/mol. The van der Waals surface area contributed by atoms with Gasteiger partial charge >= 0.3 is 0 Å². The quantitative estimate of drug-likeness (QED) is 0.514. The highest BCUT2D eigenvalue weighted by molar-refractivity contribution is 7.10. The van der Waals surface area contributed by atoms with Crippen molar-refractivity contribution in [3.8, 4) is 0 Å². The number of aromatic nitrogens is 2. The van der Waals surface area contributed by atoms with Gasteiger partial charge in [-0.25, -0.2) is 0 Å². The first-order valence-electron chi connectivity index (χ1n) is 1.58. The molecule has 0 atom stereocenters. The molecule has 35 valence electrons. The Labute approximate surface area is 44.0 Å². The lowest BCUT2D eigenvalue weighted by atomic mass is 10.8. The molecule has 0 aromatic carbocycles. The minimum Gasteiger partial charge on any atom is -0.282 e. The van der Waals surface area contributed by atoms with E-state index >= 15 is 0 Å². The van der Waals surface area contributed by atoms with Gasteiger partial charge in [-0.1, -0.05) is 11.3 Å². The van der Waals surface area contributed by atoms with Crippen molar-refractivity contribution in [1.82, 2.24) is 10.2 Å². The third kappa shape index (κ3) is 0.806. The van der Waals surface area contributed by atoms with Gasteiger partial charge in [0.25, 0.3) is 6.29 Å². The number of rotatable bonds is 1. The lowest BCUT2D eigenvalue weighted by Gasteiger charge is -1.60. The Hall–Kier alpha value is -0.770. The fourth-order valence-corrected chi connectivity index (χ4v) is 0.554. The minimum absolute atomic E-state index is 0.306. The first-order valence-corrected chi connectivity index (χ1v) is 2.46. The predicted octanol–water partition coefficient (Wildman–Crippen LogP) is -0.00410. The van der Waals surface area contributed by atoms with Crippen molar-refractivity contribution in [3.05, 3.63) is 10.5 Å². The number of nitrogens with zero attached hydrogens (tertiary/aromatic N) is 2. The summed E-state index contributed by atoms with van der Waals surface area (Å²) in [7, 11) is 0. The van der Waals surface area contributed by atoms with Crippen LogP contribution in [0.5, 0.6) is 0 Å². The standard InChI is InChI=1S/C3HN2OS/c6-1-3-5-4-2-7-3/h2H. The molecule has 0 unspecified atom stereocenters. The van der Waals surface area contributed by atoms with Gasteiger partial charge in [-0.2, -0.15) is 0 Å². The summed E-state index contributed by atoms with van der Waals surface area (Å²) in [5.41, 5.74) is 1.49. The molecule has 0 spiro atoms. The van der Waals surface area contributed by atoms with Crippen LogP contribution in [0.4, 0.5) is 0 Å². The number of hydrogen-bond acceptors (Lipinski definition) is 4. The molecule has 7 heavy (non-hydrogen) atoms. The molecule has 0 fully saturated rings. The highest BCUT2D eigenvalue weighted by Gasteiger charge is 1.88. The molecule has 3 nitrogen and oxygen atoms in total. The van der Waals surface area contributed by atoms with E-state index in [0.29, 0.717) is 5.01 Å². The highest BCUT2D eigenvalue weighted by Crippen LogP contribution is 1.93. The van der Waals surface area contributed by atoms with Crippen LogP contribution in [0.3, 0.4) is 0 Å². The molecular weight excluding hydrogens is 112 g/mol. The van der Waals surface area contributed by atoms with Gasteiger partial charge in [-0.15, -0.1) is 10.2 Å². The topological polar surface area (TPSA) is 42.9 Å². The van der Waals surface area contributed by atoms with Crippen LogP contribution in [0.15, 0.2) is 5.51 Å². The van der Waals surface area contributed by atoms with Gasteiger partial charge in [-0.3, -0.25) is 4.79 Å². The molecule has 0 bridgehead atoms. The molecule has 0 aliphatic carbocycles. The van der Waals surface area contributed by atoms with Crippen LogP contribution in [0, 0.1) is 0 Å². The molecule has 0 saturated heterocycles. The third-order valence-electron chi connectivity index (χ3n) is 0.447. The molecule has 1 radical (unpaired) electrons. The zero-order valence-corrected chi connectivity index (χ0v) is 4.10. The molecule has 4 heteroatoms. The summed E-state index contributed by atoms with van der Waals surface area (Å²) in [6.07, 6.45) is 1.60. The molecule has 1 rings (SSSR count). The van der Waals surface area contributed by atoms with Crippen LogP contribution in [-0.2, 0) is 4.79 Å². The van der Waals surface area contributed by atoms with E-state index in [1.165, 1.54) is 16.8 Å². The van der Waals surface area contributed by atoms with E-state index < -0.39 is 0 Å². The summed E-state index contributed by atoms with van der Waals surface area (Å²) >= 11 is 1.18. The number of carbonyl (C=O) groups excluding carboxylic acids is 1. The average molecular weight is 113 g/mol. The van der Waals surface area contributed by atoms with E-state index in [1.54, 1.807) is 6.29 Å². The van der Waals surface area contributed by atoms with Crippen molar-refractivity contribution in [2.75, 3.05) is 0 Å². The van der Waals surface area contributed by atoms with E-state index in [-0.39, 0.29) is 0 Å². The van der Waals surface area contributed by atoms with Crippen molar-refractivity contribution in [2.24, 2.45) is 0 Å². The largest absolute Gasteiger partial charge is 0.282 e. The molecule has 1 heterocycles. The van der Waals surface area contributed by atoms with Gasteiger partial charge in [0, 0.05) is 0 Å². The summed E-state index contributed by atoms with van der Waals surface area (Å²) in [6.45, 7) is 0. The predicted molar refractivity (Wildman–Crippen MR) is 24.7 cm³/mol. The lowest BCUT2D eigenvalue weighted by molar-refractivity contribution is 0.562. The van der Waals surface area contributed by atoms with Gasteiger partial charge in [0.2, 0.25) is 0 Å². The Bertz CT molecular complexity index is 148. The summed E-state index contributed by atoms with van der Waals surface area (Å²) in [6, 6.07) is 0. The second kappa shape index (κ2) is 1.79. The summed E-state index contributed by atoms with van der Waals surface area (Å²) in [4.78, 5) is 9.65. The minimum atomic E-state index is 0.306. The molecule has 0 aliphatic rings. The molecule has 0 saturated carbocycles. The van der Waals surface area contributed by atoms with Crippen molar-refractivity contribution in [3.63, 3.8) is 0 Å². The van der Waals surface area contributed by atoms with E-state index in [2.05, 4.69) is 10.2 Å². The molecule has 1 aromatic heterocycles. The van der Waals surface area contributed by atoms with Crippen molar-refractivity contribution in [2.45, 2.75) is 0 Å². The maximum absolute atomic E-state index is 9.65. The summed E-state index contributed by atoms with van der Waals surface area (Å²) in [5, 5.41) is 7.08. The molecule has 0 amide bonds. The summed E-state index contributed by atoms with van der Waals surface area (Å²) in [5.74, 6) is 0. The van der Waals surface area contributed by atoms with Gasteiger partial charge < -0.3 is 0 Å². The van der Waals surface area contributed by atoms with Crippen LogP contribution in [0.2, 0.25) is 0 Å². The fourth-order valence-electron chi connectivity index (χ4n) is 0.218. The van der Waals surface area contributed by atoms with Gasteiger partial charge in [0.15, 0.2) is 5.01 Å². The maximum atomic E-state index is 9.65. The highest BCUT2D eigenvalue weighted by atomic mass is 32.1. The van der Waals surface area contributed by atoms with Crippen molar-refractivity contribution < 1.29 is 4.79 Å². The fraction of sp³-hybridized carbons (Fsp3) is 0. The van der Waals surface area contributed by atoms with E-state index in [4.69, 9.17) is 0 Å². The first kappa shape index (κ1) is 4.39. The molecular formula is C3HN2OS. The van der Waals surface area contributed by atoms with Gasteiger partial charge in [-0.05, 0) is 0 Å². The van der Waals surface area contributed by atoms with Crippen LogP contribution < -0.4 is 0 Å². The first-order chi connectivity index (χ1) is 3.43. The second-order valence-corrected chi connectivity index (χ2v) is 1.68. The Balaban J connectivity index is 2.96. The number of hydrogen-bond donors (Lipinski definition) is 0. The summed E-state index contributed by atoms with van der Waals surface area (Å²) < 4.78 is 0. The average Bonchev–Trinajstić information content (AvgIpc) is 2.14. The second-order valence-electron chi connectivity index (χ2n) is 0.846. The molecule has 0 aliphatic heterocycles. The lowest BCUT2D eigenvalue weighted by Crippen LogP contribution is -1.74. The van der Waals surface area contributed by atoms with Crippen LogP contribution >= 0.6 is 11.3 Å². The zero-order valence-electron chi connectivity index (χ0n) is 3.29. The van der Waals surface area contributed by atoms with Crippen LogP contribution in [0.1, 0.15) is 5.01 Å². The van der Waals surface area contributed by atoms with Crippen LogP contribution in [0.25, 0.3) is 0 Å². The maximum Gasteiger partial charge on any atom is 0.266 e. The van der Waals surface area contributed by atoms with E-state index in [1.807, 2.05) is 0 Å². The van der Waals surface area contributed by atoms with E-state index in [9.17, 15) is 4.79 Å². The third-order valence-corrected chi connectivity index (χ3v) is 1.04.